The zero-order valence-corrected chi connectivity index (χ0v) is 11.8. The van der Waals surface area contributed by atoms with Gasteiger partial charge in [-0.2, -0.15) is 0 Å². The van der Waals surface area contributed by atoms with Crippen LogP contribution in [0.3, 0.4) is 0 Å². The number of nitrogens with one attached hydrogen (secondary N) is 1. The molecule has 0 saturated carbocycles. The SMILES string of the molecule is O=C(CCNC/C=C/c1ccccc1)N1CCOCC1. The number of benzene rings is 1. The monoisotopic (exact) mass is 274 g/mol. The minimum absolute atomic E-state index is 0.216. The van der Waals surface area contributed by atoms with E-state index in [-0.39, 0.29) is 5.91 Å². The lowest BCUT2D eigenvalue weighted by Gasteiger charge is -2.26. The summed E-state index contributed by atoms with van der Waals surface area (Å²) in [6.07, 6.45) is 4.71. The predicted octanol–water partition coefficient (Wildman–Crippen LogP) is 1.54. The fourth-order valence-corrected chi connectivity index (χ4v) is 2.11. The maximum Gasteiger partial charge on any atom is 0.224 e. The Kier molecular flexibility index (Phi) is 6.27. The van der Waals surface area contributed by atoms with Crippen LogP contribution in [0.4, 0.5) is 0 Å². The van der Waals surface area contributed by atoms with Crippen LogP contribution in [0.1, 0.15) is 12.0 Å². The van der Waals surface area contributed by atoms with Gasteiger partial charge in [-0.15, -0.1) is 0 Å². The molecule has 1 heterocycles. The Hall–Kier alpha value is -1.65. The molecule has 1 amide bonds. The van der Waals surface area contributed by atoms with Crippen molar-refractivity contribution in [3.05, 3.63) is 42.0 Å². The topological polar surface area (TPSA) is 41.6 Å². The summed E-state index contributed by atoms with van der Waals surface area (Å²) in [5, 5.41) is 3.26. The van der Waals surface area contributed by atoms with Gasteiger partial charge >= 0.3 is 0 Å². The van der Waals surface area contributed by atoms with Crippen molar-refractivity contribution in [2.75, 3.05) is 39.4 Å². The molecule has 1 aromatic rings. The summed E-state index contributed by atoms with van der Waals surface area (Å²) >= 11 is 0. The van der Waals surface area contributed by atoms with Crippen molar-refractivity contribution in [3.63, 3.8) is 0 Å². The van der Waals surface area contributed by atoms with Crippen molar-refractivity contribution in [1.82, 2.24) is 10.2 Å². The molecule has 4 heteroatoms. The third-order valence-corrected chi connectivity index (χ3v) is 3.25. The van der Waals surface area contributed by atoms with E-state index in [0.717, 1.165) is 26.2 Å². The number of carbonyl (C=O) groups excluding carboxylic acids is 1. The minimum Gasteiger partial charge on any atom is -0.378 e. The number of rotatable bonds is 6. The molecule has 0 aromatic heterocycles. The summed E-state index contributed by atoms with van der Waals surface area (Å²) in [4.78, 5) is 13.7. The molecule has 0 aliphatic carbocycles. The lowest BCUT2D eigenvalue weighted by molar-refractivity contribution is -0.135. The largest absolute Gasteiger partial charge is 0.378 e. The fraction of sp³-hybridized carbons (Fsp3) is 0.438. The van der Waals surface area contributed by atoms with Crippen molar-refractivity contribution < 1.29 is 9.53 Å². The number of hydrogen-bond acceptors (Lipinski definition) is 3. The summed E-state index contributed by atoms with van der Waals surface area (Å²) in [5.41, 5.74) is 1.19. The van der Waals surface area contributed by atoms with Gasteiger partial charge in [0.1, 0.15) is 0 Å². The smallest absolute Gasteiger partial charge is 0.224 e. The average Bonchev–Trinajstić information content (AvgIpc) is 2.52. The van der Waals surface area contributed by atoms with Crippen molar-refractivity contribution in [2.45, 2.75) is 6.42 Å². The van der Waals surface area contributed by atoms with Crippen LogP contribution in [0, 0.1) is 0 Å². The Morgan fingerprint density at radius 1 is 1.25 bits per heavy atom. The first-order valence-electron chi connectivity index (χ1n) is 7.14. The molecule has 1 aromatic carbocycles. The van der Waals surface area contributed by atoms with E-state index in [1.54, 1.807) is 0 Å². The van der Waals surface area contributed by atoms with Crippen LogP contribution >= 0.6 is 0 Å². The number of amides is 1. The molecule has 0 bridgehead atoms. The third kappa shape index (κ3) is 5.15. The molecule has 2 rings (SSSR count). The molecule has 108 valence electrons. The molecule has 1 N–H and O–H groups in total. The summed E-state index contributed by atoms with van der Waals surface area (Å²) in [7, 11) is 0. The molecule has 0 atom stereocenters. The highest BCUT2D eigenvalue weighted by atomic mass is 16.5. The summed E-state index contributed by atoms with van der Waals surface area (Å²) in [6, 6.07) is 10.2. The van der Waals surface area contributed by atoms with Crippen LogP contribution in [0.5, 0.6) is 0 Å². The van der Waals surface area contributed by atoms with Gasteiger partial charge in [-0.3, -0.25) is 4.79 Å². The maximum absolute atomic E-state index is 11.9. The minimum atomic E-state index is 0.216. The molecule has 20 heavy (non-hydrogen) atoms. The van der Waals surface area contributed by atoms with Crippen molar-refractivity contribution in [1.29, 1.82) is 0 Å². The van der Waals surface area contributed by atoms with Gasteiger partial charge in [0.15, 0.2) is 0 Å². The summed E-state index contributed by atoms with van der Waals surface area (Å²) in [5.74, 6) is 0.216. The summed E-state index contributed by atoms with van der Waals surface area (Å²) < 4.78 is 5.23. The van der Waals surface area contributed by atoms with Crippen molar-refractivity contribution >= 4 is 12.0 Å². The molecule has 4 nitrogen and oxygen atoms in total. The average molecular weight is 274 g/mol. The van der Waals surface area contributed by atoms with Gasteiger partial charge in [0.05, 0.1) is 13.2 Å². The van der Waals surface area contributed by atoms with Crippen molar-refractivity contribution in [3.8, 4) is 0 Å². The molecule has 1 aliphatic rings. The van der Waals surface area contributed by atoms with Gasteiger partial charge in [-0.05, 0) is 5.56 Å². The van der Waals surface area contributed by atoms with E-state index in [0.29, 0.717) is 19.6 Å². The number of nitrogens with zero attached hydrogens (tertiary/aromatic N) is 1. The van der Waals surface area contributed by atoms with Gasteiger partial charge in [-0.1, -0.05) is 42.5 Å². The molecule has 0 unspecified atom stereocenters. The number of carbonyl (C=O) groups is 1. The van der Waals surface area contributed by atoms with Crippen LogP contribution in [0.25, 0.3) is 6.08 Å². The van der Waals surface area contributed by atoms with E-state index in [9.17, 15) is 4.79 Å². The van der Waals surface area contributed by atoms with Crippen LogP contribution in [-0.4, -0.2) is 50.2 Å². The highest BCUT2D eigenvalue weighted by molar-refractivity contribution is 5.76. The van der Waals surface area contributed by atoms with Gasteiger partial charge in [0, 0.05) is 32.6 Å². The highest BCUT2D eigenvalue weighted by Crippen LogP contribution is 2.01. The Morgan fingerprint density at radius 3 is 2.75 bits per heavy atom. The van der Waals surface area contributed by atoms with Crippen LogP contribution in [0.2, 0.25) is 0 Å². The second kappa shape index (κ2) is 8.51. The van der Waals surface area contributed by atoms with Gasteiger partial charge in [-0.25, -0.2) is 0 Å². The fourth-order valence-electron chi connectivity index (χ4n) is 2.11. The predicted molar refractivity (Wildman–Crippen MR) is 80.4 cm³/mol. The van der Waals surface area contributed by atoms with Gasteiger partial charge in [0.25, 0.3) is 0 Å². The standard InChI is InChI=1S/C16H22N2O2/c19-16(18-11-13-20-14-12-18)8-10-17-9-4-7-15-5-2-1-3-6-15/h1-7,17H,8-14H2/b7-4+. The molecule has 0 radical (unpaired) electrons. The number of ether oxygens (including phenoxy) is 1. The molecular formula is C16H22N2O2. The molecule has 1 fully saturated rings. The van der Waals surface area contributed by atoms with Crippen LogP contribution in [0.15, 0.2) is 36.4 Å². The van der Waals surface area contributed by atoms with E-state index in [1.807, 2.05) is 23.1 Å². The molecule has 0 spiro atoms. The van der Waals surface area contributed by atoms with E-state index in [4.69, 9.17) is 4.74 Å². The Bertz CT molecular complexity index is 425. The normalized spacial score (nSPS) is 15.7. The van der Waals surface area contributed by atoms with Crippen LogP contribution < -0.4 is 5.32 Å². The lowest BCUT2D eigenvalue weighted by atomic mass is 10.2. The van der Waals surface area contributed by atoms with Crippen molar-refractivity contribution in [2.24, 2.45) is 0 Å². The second-order valence-corrected chi connectivity index (χ2v) is 4.76. The number of morpholine rings is 1. The van der Waals surface area contributed by atoms with E-state index in [1.165, 1.54) is 5.56 Å². The Balaban J connectivity index is 1.57. The first-order chi connectivity index (χ1) is 9.86. The molecule has 1 saturated heterocycles. The summed E-state index contributed by atoms with van der Waals surface area (Å²) in [6.45, 7) is 4.29. The lowest BCUT2D eigenvalue weighted by Crippen LogP contribution is -2.41. The quantitative estimate of drug-likeness (QED) is 0.800. The molecule has 1 aliphatic heterocycles. The zero-order chi connectivity index (χ0) is 14.0. The second-order valence-electron chi connectivity index (χ2n) is 4.76. The molecular weight excluding hydrogens is 252 g/mol. The van der Waals surface area contributed by atoms with E-state index in [2.05, 4.69) is 29.6 Å². The van der Waals surface area contributed by atoms with E-state index < -0.39 is 0 Å². The number of hydrogen-bond donors (Lipinski definition) is 1. The Labute approximate surface area is 120 Å². The van der Waals surface area contributed by atoms with E-state index >= 15 is 0 Å². The van der Waals surface area contributed by atoms with Gasteiger partial charge in [0.2, 0.25) is 5.91 Å². The first kappa shape index (κ1) is 14.8. The highest BCUT2D eigenvalue weighted by Gasteiger charge is 2.15. The van der Waals surface area contributed by atoms with Crippen LogP contribution in [-0.2, 0) is 9.53 Å². The Morgan fingerprint density at radius 2 is 2.00 bits per heavy atom. The zero-order valence-electron chi connectivity index (χ0n) is 11.8. The maximum atomic E-state index is 11.9. The first-order valence-corrected chi connectivity index (χ1v) is 7.14. The van der Waals surface area contributed by atoms with Gasteiger partial charge < -0.3 is 15.0 Å². The third-order valence-electron chi connectivity index (χ3n) is 3.25.